The zero-order chi connectivity index (χ0) is 21.5. The van der Waals surface area contributed by atoms with Crippen LogP contribution in [0, 0.1) is 0 Å². The lowest BCUT2D eigenvalue weighted by atomic mass is 10.1. The van der Waals surface area contributed by atoms with Crippen LogP contribution in [-0.2, 0) is 0 Å². The van der Waals surface area contributed by atoms with Crippen LogP contribution in [0.1, 0.15) is 0 Å². The maximum atomic E-state index is 6.12. The summed E-state index contributed by atoms with van der Waals surface area (Å²) in [6.45, 7) is 0. The van der Waals surface area contributed by atoms with Crippen molar-refractivity contribution in [1.29, 1.82) is 0 Å². The Bertz CT molecular complexity index is 1570. The molecule has 32 heavy (non-hydrogen) atoms. The average molecular weight is 484 g/mol. The normalized spacial score (nSPS) is 11.3. The van der Waals surface area contributed by atoms with Gasteiger partial charge in [0, 0.05) is 21.6 Å². The van der Waals surface area contributed by atoms with Crippen LogP contribution in [-0.4, -0.2) is 25.3 Å². The predicted octanol–water partition coefficient (Wildman–Crippen LogP) is 6.38. The molecule has 8 heteroatoms. The monoisotopic (exact) mass is 483 g/mol. The summed E-state index contributed by atoms with van der Waals surface area (Å²) in [7, 11) is 0. The number of hydrogen-bond donors (Lipinski definition) is 1. The molecule has 3 aromatic heterocycles. The fraction of sp³-hybridized carbons (Fsp3) is 0. The SMILES string of the molecule is Brc1cnc2n[nH]c(-c3nc(-c4ccc(Oc5cccc6ccccc56)cc4)no3)c2c1. The van der Waals surface area contributed by atoms with Crippen molar-refractivity contribution in [1.82, 2.24) is 25.3 Å². The largest absolute Gasteiger partial charge is 0.457 e. The first-order valence-electron chi connectivity index (χ1n) is 9.84. The zero-order valence-corrected chi connectivity index (χ0v) is 18.1. The molecule has 0 amide bonds. The van der Waals surface area contributed by atoms with Crippen LogP contribution in [0.15, 0.2) is 88.0 Å². The first-order chi connectivity index (χ1) is 15.7. The molecule has 0 saturated heterocycles. The van der Waals surface area contributed by atoms with Crippen LogP contribution in [0.3, 0.4) is 0 Å². The van der Waals surface area contributed by atoms with Crippen LogP contribution in [0.2, 0.25) is 0 Å². The summed E-state index contributed by atoms with van der Waals surface area (Å²) in [6.07, 6.45) is 1.69. The lowest BCUT2D eigenvalue weighted by molar-refractivity contribution is 0.431. The summed E-state index contributed by atoms with van der Waals surface area (Å²) < 4.78 is 12.4. The Morgan fingerprint density at radius 1 is 0.906 bits per heavy atom. The number of aromatic amines is 1. The Kier molecular flexibility index (Phi) is 4.43. The third-order valence-corrected chi connectivity index (χ3v) is 5.54. The molecule has 0 saturated carbocycles. The number of fused-ring (bicyclic) bond motifs is 2. The van der Waals surface area contributed by atoms with E-state index in [1.807, 2.05) is 60.7 Å². The molecule has 0 fully saturated rings. The van der Waals surface area contributed by atoms with Crippen molar-refractivity contribution in [2.45, 2.75) is 0 Å². The Morgan fingerprint density at radius 2 is 1.75 bits per heavy atom. The zero-order valence-electron chi connectivity index (χ0n) is 16.5. The lowest BCUT2D eigenvalue weighted by Crippen LogP contribution is -1.87. The number of halogens is 1. The molecule has 0 bridgehead atoms. The number of aromatic nitrogens is 5. The first-order valence-corrected chi connectivity index (χ1v) is 10.6. The lowest BCUT2D eigenvalue weighted by Gasteiger charge is -2.09. The van der Waals surface area contributed by atoms with Gasteiger partial charge in [0.2, 0.25) is 5.82 Å². The van der Waals surface area contributed by atoms with E-state index < -0.39 is 0 Å². The molecular formula is C24H14BrN5O2. The number of pyridine rings is 1. The Labute approximate surface area is 190 Å². The Morgan fingerprint density at radius 3 is 2.66 bits per heavy atom. The summed E-state index contributed by atoms with van der Waals surface area (Å²) in [5, 5.41) is 14.2. The average Bonchev–Trinajstić information content (AvgIpc) is 3.47. The molecule has 0 unspecified atom stereocenters. The first kappa shape index (κ1) is 18.7. The molecule has 3 aromatic carbocycles. The van der Waals surface area contributed by atoms with E-state index in [9.17, 15) is 0 Å². The summed E-state index contributed by atoms with van der Waals surface area (Å²) in [5.41, 5.74) is 2.02. The van der Waals surface area contributed by atoms with Crippen LogP contribution >= 0.6 is 15.9 Å². The second-order valence-electron chi connectivity index (χ2n) is 7.15. The minimum atomic E-state index is 0.346. The summed E-state index contributed by atoms with van der Waals surface area (Å²) in [5.74, 6) is 2.36. The van der Waals surface area contributed by atoms with Gasteiger partial charge < -0.3 is 9.26 Å². The van der Waals surface area contributed by atoms with Gasteiger partial charge in [0.15, 0.2) is 5.65 Å². The van der Waals surface area contributed by atoms with Gasteiger partial charge in [-0.25, -0.2) is 4.98 Å². The molecule has 0 aliphatic carbocycles. The van der Waals surface area contributed by atoms with E-state index in [-0.39, 0.29) is 0 Å². The van der Waals surface area contributed by atoms with Crippen LogP contribution in [0.25, 0.3) is 44.8 Å². The van der Waals surface area contributed by atoms with Crippen molar-refractivity contribution in [3.8, 4) is 34.5 Å². The van der Waals surface area contributed by atoms with E-state index in [0.717, 1.165) is 37.7 Å². The summed E-state index contributed by atoms with van der Waals surface area (Å²) in [6, 6.07) is 23.6. The number of rotatable bonds is 4. The molecule has 154 valence electrons. The van der Waals surface area contributed by atoms with Crippen molar-refractivity contribution < 1.29 is 9.26 Å². The van der Waals surface area contributed by atoms with Crippen molar-refractivity contribution in [2.75, 3.05) is 0 Å². The molecule has 1 N–H and O–H groups in total. The van der Waals surface area contributed by atoms with Crippen LogP contribution in [0.4, 0.5) is 0 Å². The maximum Gasteiger partial charge on any atom is 0.276 e. The van der Waals surface area contributed by atoms with Crippen molar-refractivity contribution in [2.24, 2.45) is 0 Å². The van der Waals surface area contributed by atoms with Crippen molar-refractivity contribution in [3.63, 3.8) is 0 Å². The number of benzene rings is 3. The molecule has 6 rings (SSSR count). The Hall–Kier alpha value is -4.04. The highest BCUT2D eigenvalue weighted by Crippen LogP contribution is 2.32. The Balaban J connectivity index is 1.28. The fourth-order valence-electron chi connectivity index (χ4n) is 3.56. The van der Waals surface area contributed by atoms with Gasteiger partial charge in [-0.05, 0) is 57.7 Å². The van der Waals surface area contributed by atoms with E-state index in [2.05, 4.69) is 53.4 Å². The van der Waals surface area contributed by atoms with E-state index in [1.165, 1.54) is 0 Å². The van der Waals surface area contributed by atoms with Gasteiger partial charge in [-0.15, -0.1) is 0 Å². The molecule has 0 spiro atoms. The van der Waals surface area contributed by atoms with Crippen molar-refractivity contribution in [3.05, 3.63) is 83.5 Å². The van der Waals surface area contributed by atoms with E-state index in [0.29, 0.717) is 23.1 Å². The summed E-state index contributed by atoms with van der Waals surface area (Å²) >= 11 is 3.43. The number of nitrogens with zero attached hydrogens (tertiary/aromatic N) is 4. The second-order valence-corrected chi connectivity index (χ2v) is 8.07. The van der Waals surface area contributed by atoms with Gasteiger partial charge in [0.05, 0.1) is 5.39 Å². The number of hydrogen-bond acceptors (Lipinski definition) is 6. The highest BCUT2D eigenvalue weighted by atomic mass is 79.9. The third kappa shape index (κ3) is 3.30. The van der Waals surface area contributed by atoms with Gasteiger partial charge in [-0.2, -0.15) is 10.1 Å². The van der Waals surface area contributed by atoms with Gasteiger partial charge in [-0.1, -0.05) is 41.6 Å². The minimum Gasteiger partial charge on any atom is -0.457 e. The highest BCUT2D eigenvalue weighted by molar-refractivity contribution is 9.10. The number of nitrogens with one attached hydrogen (secondary N) is 1. The van der Waals surface area contributed by atoms with Gasteiger partial charge in [0.25, 0.3) is 5.89 Å². The van der Waals surface area contributed by atoms with Crippen LogP contribution < -0.4 is 4.74 Å². The van der Waals surface area contributed by atoms with Gasteiger partial charge in [0.1, 0.15) is 17.2 Å². The van der Waals surface area contributed by atoms with Gasteiger partial charge >= 0.3 is 0 Å². The van der Waals surface area contributed by atoms with E-state index in [1.54, 1.807) is 6.20 Å². The third-order valence-electron chi connectivity index (χ3n) is 5.11. The summed E-state index contributed by atoms with van der Waals surface area (Å²) in [4.78, 5) is 8.79. The van der Waals surface area contributed by atoms with Crippen molar-refractivity contribution >= 4 is 37.7 Å². The van der Waals surface area contributed by atoms with E-state index >= 15 is 0 Å². The molecule has 0 atom stereocenters. The smallest absolute Gasteiger partial charge is 0.276 e. The minimum absolute atomic E-state index is 0.346. The number of ether oxygens (including phenoxy) is 1. The standard InChI is InChI=1S/C24H14BrN5O2/c25-16-12-19-21(28-29-23(19)26-13-16)24-27-22(30-32-24)15-8-10-17(11-9-15)31-20-7-3-5-14-4-1-2-6-18(14)20/h1-13H,(H,26,28,29). The number of H-pyrrole nitrogens is 1. The predicted molar refractivity (Wildman–Crippen MR) is 124 cm³/mol. The molecule has 0 radical (unpaired) electrons. The van der Waals surface area contributed by atoms with Gasteiger partial charge in [-0.3, -0.25) is 5.10 Å². The topological polar surface area (TPSA) is 89.7 Å². The van der Waals surface area contributed by atoms with Crippen LogP contribution in [0.5, 0.6) is 11.5 Å². The maximum absolute atomic E-state index is 6.12. The molecule has 0 aliphatic heterocycles. The highest BCUT2D eigenvalue weighted by Gasteiger charge is 2.17. The quantitative estimate of drug-likeness (QED) is 0.312. The molecule has 0 aliphatic rings. The second kappa shape index (κ2) is 7.58. The molecule has 7 nitrogen and oxygen atoms in total. The molecule has 6 aromatic rings. The molecular weight excluding hydrogens is 470 g/mol. The fourth-order valence-corrected chi connectivity index (χ4v) is 3.89. The van der Waals surface area contributed by atoms with E-state index in [4.69, 9.17) is 9.26 Å². The molecule has 3 heterocycles.